The quantitative estimate of drug-likeness (QED) is 0.0976. The zero-order chi connectivity index (χ0) is 27.8. The van der Waals surface area contributed by atoms with Gasteiger partial charge in [0.1, 0.15) is 0 Å². The second kappa shape index (κ2) is 65.1. The standard InChI is InChI=1S/C16H34O4.C13H28O3.12CH4/c1-13(2)9-19-15(5)11-17-7-8-18-12-16(6)20-10-14(3)4;1-11(2)8-14-6-7-15-10-13(5)16-9-12(3)4;;;;;;;;;;;;/h13-16H,7-12H2,1-6H3;11-13H,6-10H2,1-5H3;12*1H4. The Labute approximate surface area is 312 Å². The summed E-state index contributed by atoms with van der Waals surface area (Å²) in [7, 11) is 0. The number of hydrogen-bond donors (Lipinski definition) is 0. The maximum absolute atomic E-state index is 5.62. The zero-order valence-corrected chi connectivity index (χ0v) is 25.7. The topological polar surface area (TPSA) is 64.6 Å². The summed E-state index contributed by atoms with van der Waals surface area (Å²) in [4.78, 5) is 0. The van der Waals surface area contributed by atoms with Gasteiger partial charge in [-0.25, -0.2) is 0 Å². The molecule has 7 nitrogen and oxygen atoms in total. The predicted octanol–water partition coefficient (Wildman–Crippen LogP) is 13.5. The molecule has 0 aliphatic rings. The van der Waals surface area contributed by atoms with Gasteiger partial charge in [-0.2, -0.15) is 0 Å². The van der Waals surface area contributed by atoms with E-state index in [0.29, 0.717) is 69.9 Å². The minimum Gasteiger partial charge on any atom is -0.379 e. The van der Waals surface area contributed by atoms with E-state index >= 15 is 0 Å². The molecule has 3 atom stereocenters. The normalized spacial score (nSPS) is 10.8. The maximum atomic E-state index is 5.62. The summed E-state index contributed by atoms with van der Waals surface area (Å²) in [5.74, 6) is 2.30. The van der Waals surface area contributed by atoms with Gasteiger partial charge < -0.3 is 33.2 Å². The molecule has 0 saturated heterocycles. The summed E-state index contributed by atoms with van der Waals surface area (Å²) >= 11 is 0. The third kappa shape index (κ3) is 85.4. The maximum Gasteiger partial charge on any atom is 0.0780 e. The Kier molecular flexibility index (Phi) is 124. The van der Waals surface area contributed by atoms with E-state index in [2.05, 4.69) is 55.4 Å². The van der Waals surface area contributed by atoms with Crippen molar-refractivity contribution >= 4 is 0 Å². The van der Waals surface area contributed by atoms with Gasteiger partial charge in [0.15, 0.2) is 0 Å². The highest BCUT2D eigenvalue weighted by Crippen LogP contribution is 2.01. The Morgan fingerprint density at radius 1 is 0.250 bits per heavy atom. The molecule has 0 bridgehead atoms. The molecule has 0 rings (SSSR count). The van der Waals surface area contributed by atoms with E-state index in [1.165, 1.54) is 0 Å². The van der Waals surface area contributed by atoms with Crippen molar-refractivity contribution in [2.24, 2.45) is 23.7 Å². The molecule has 0 aliphatic heterocycles. The highest BCUT2D eigenvalue weighted by molar-refractivity contribution is 4.52. The highest BCUT2D eigenvalue weighted by atomic mass is 16.6. The van der Waals surface area contributed by atoms with Crippen LogP contribution in [0.3, 0.4) is 0 Å². The van der Waals surface area contributed by atoms with E-state index in [9.17, 15) is 0 Å². The minimum atomic E-state index is 0. The van der Waals surface area contributed by atoms with E-state index in [1.807, 2.05) is 20.8 Å². The Morgan fingerprint density at radius 2 is 0.417 bits per heavy atom. The van der Waals surface area contributed by atoms with Crippen LogP contribution >= 0.6 is 0 Å². The summed E-state index contributed by atoms with van der Waals surface area (Å²) in [5.41, 5.74) is 0. The molecule has 0 spiro atoms. The summed E-state index contributed by atoms with van der Waals surface area (Å²) in [6.07, 6.45) is 0.462. The number of rotatable bonds is 23. The van der Waals surface area contributed by atoms with Crippen LogP contribution in [0.4, 0.5) is 0 Å². The first-order valence-electron chi connectivity index (χ1n) is 14.1. The first-order valence-corrected chi connectivity index (χ1v) is 14.1. The van der Waals surface area contributed by atoms with Crippen LogP contribution in [0.5, 0.6) is 0 Å². The van der Waals surface area contributed by atoms with Crippen molar-refractivity contribution in [2.45, 2.75) is 184 Å². The van der Waals surface area contributed by atoms with Crippen molar-refractivity contribution < 1.29 is 33.2 Å². The van der Waals surface area contributed by atoms with Gasteiger partial charge in [0, 0.05) is 26.4 Å². The van der Waals surface area contributed by atoms with Crippen LogP contribution in [0.2, 0.25) is 0 Å². The Morgan fingerprint density at radius 3 is 0.583 bits per heavy atom. The smallest absolute Gasteiger partial charge is 0.0780 e. The van der Waals surface area contributed by atoms with E-state index in [-0.39, 0.29) is 107 Å². The molecule has 0 amide bonds. The highest BCUT2D eigenvalue weighted by Gasteiger charge is 2.06. The molecule has 316 valence electrons. The van der Waals surface area contributed by atoms with Gasteiger partial charge in [-0.15, -0.1) is 0 Å². The molecule has 0 saturated carbocycles. The average molecular weight is 715 g/mol. The third-order valence-electron chi connectivity index (χ3n) is 4.40. The molecular formula is C41H110O7. The van der Waals surface area contributed by atoms with Gasteiger partial charge in [0.2, 0.25) is 0 Å². The summed E-state index contributed by atoms with van der Waals surface area (Å²) in [5, 5.41) is 0. The van der Waals surface area contributed by atoms with Gasteiger partial charge in [0.25, 0.3) is 0 Å². The van der Waals surface area contributed by atoms with Crippen LogP contribution in [-0.4, -0.2) is 91.0 Å². The number of hydrogen-bond acceptors (Lipinski definition) is 7. The fourth-order valence-corrected chi connectivity index (χ4v) is 2.52. The lowest BCUT2D eigenvalue weighted by atomic mass is 10.2. The first kappa shape index (κ1) is 91.6. The van der Waals surface area contributed by atoms with Gasteiger partial charge in [-0.1, -0.05) is 145 Å². The van der Waals surface area contributed by atoms with Crippen LogP contribution < -0.4 is 0 Å². The van der Waals surface area contributed by atoms with Crippen LogP contribution in [0.1, 0.15) is 165 Å². The summed E-state index contributed by atoms with van der Waals surface area (Å²) in [6, 6.07) is 0. The number of ether oxygens (including phenoxy) is 7. The lowest BCUT2D eigenvalue weighted by Gasteiger charge is -2.16. The first-order chi connectivity index (χ1) is 16.9. The van der Waals surface area contributed by atoms with E-state index in [4.69, 9.17) is 33.2 Å². The van der Waals surface area contributed by atoms with Crippen molar-refractivity contribution in [3.8, 4) is 0 Å². The molecule has 0 fully saturated rings. The Balaban J connectivity index is -0.0000000325. The van der Waals surface area contributed by atoms with Gasteiger partial charge in [-0.3, -0.25) is 0 Å². The van der Waals surface area contributed by atoms with Crippen molar-refractivity contribution in [1.82, 2.24) is 0 Å². The predicted molar refractivity (Wildman–Crippen MR) is 230 cm³/mol. The molecule has 0 aromatic rings. The fourth-order valence-electron chi connectivity index (χ4n) is 2.52. The van der Waals surface area contributed by atoms with Gasteiger partial charge in [-0.05, 0) is 44.4 Å². The van der Waals surface area contributed by atoms with Gasteiger partial charge >= 0.3 is 0 Å². The van der Waals surface area contributed by atoms with Crippen LogP contribution in [0.25, 0.3) is 0 Å². The van der Waals surface area contributed by atoms with Crippen molar-refractivity contribution in [3.63, 3.8) is 0 Å². The zero-order valence-electron chi connectivity index (χ0n) is 25.7. The van der Waals surface area contributed by atoms with Crippen LogP contribution in [0, 0.1) is 23.7 Å². The largest absolute Gasteiger partial charge is 0.379 e. The van der Waals surface area contributed by atoms with Crippen molar-refractivity contribution in [3.05, 3.63) is 0 Å². The fraction of sp³-hybridized carbons (Fsp3) is 1.00. The van der Waals surface area contributed by atoms with E-state index in [1.54, 1.807) is 0 Å². The van der Waals surface area contributed by atoms with Crippen LogP contribution in [0.15, 0.2) is 0 Å². The molecule has 3 unspecified atom stereocenters. The molecule has 0 aromatic carbocycles. The second-order valence-electron chi connectivity index (χ2n) is 11.3. The molecule has 0 aromatic heterocycles. The molecule has 0 N–H and O–H groups in total. The Bertz CT molecular complexity index is 411. The summed E-state index contributed by atoms with van der Waals surface area (Å²) < 4.78 is 38.7. The van der Waals surface area contributed by atoms with Crippen molar-refractivity contribution in [2.75, 3.05) is 72.7 Å². The molecule has 48 heavy (non-hydrogen) atoms. The monoisotopic (exact) mass is 715 g/mol. The lowest BCUT2D eigenvalue weighted by molar-refractivity contribution is -0.0492. The summed E-state index contributed by atoms with van der Waals surface area (Å²) in [6.45, 7) is 30.9. The molecule has 0 radical (unpaired) electrons. The Hall–Kier alpha value is -0.280. The van der Waals surface area contributed by atoms with E-state index < -0.39 is 0 Å². The lowest BCUT2D eigenvalue weighted by Crippen LogP contribution is -2.22. The third-order valence-corrected chi connectivity index (χ3v) is 4.40. The SMILES string of the molecule is C.C.C.C.C.C.C.C.C.C.C.C.CC(C)COC(C)COCCOCC(C)OCC(C)C.CC(C)COCCOCC(C)OCC(C)C. The molecular weight excluding hydrogens is 604 g/mol. The van der Waals surface area contributed by atoms with E-state index in [0.717, 1.165) is 26.4 Å². The van der Waals surface area contributed by atoms with Crippen LogP contribution in [-0.2, 0) is 33.2 Å². The molecule has 7 heteroatoms. The van der Waals surface area contributed by atoms with Gasteiger partial charge in [0.05, 0.1) is 64.6 Å². The van der Waals surface area contributed by atoms with Crippen molar-refractivity contribution in [1.29, 1.82) is 0 Å². The molecule has 0 heterocycles. The average Bonchev–Trinajstić information content (AvgIpc) is 2.79. The second-order valence-corrected chi connectivity index (χ2v) is 11.3. The minimum absolute atomic E-state index is 0. The molecule has 0 aliphatic carbocycles.